The van der Waals surface area contributed by atoms with Crippen LogP contribution in [0, 0.1) is 5.92 Å². The van der Waals surface area contributed by atoms with E-state index in [1.807, 2.05) is 13.8 Å². The van der Waals surface area contributed by atoms with Crippen LogP contribution in [0.3, 0.4) is 0 Å². The molecule has 9 nitrogen and oxygen atoms in total. The van der Waals surface area contributed by atoms with Crippen LogP contribution < -0.4 is 5.32 Å². The number of sulfonamides is 1. The second-order valence-corrected chi connectivity index (χ2v) is 9.46. The van der Waals surface area contributed by atoms with Gasteiger partial charge in [-0.2, -0.15) is 0 Å². The maximum Gasteiger partial charge on any atom is 0.236 e. The van der Waals surface area contributed by atoms with Gasteiger partial charge in [-0.05, 0) is 19.3 Å². The standard InChI is InChI=1S/C18H34N4O5S/c1-7-21(8-2)28(26,27)12-15(23)19-18-13(3)9-10-22(14(18)4)17(25)11-16(24)20(5)6/h13-14,18H,7-12H2,1-6H3,(H,19,23). The van der Waals surface area contributed by atoms with Gasteiger partial charge >= 0.3 is 0 Å². The number of carbonyl (C=O) groups is 3. The summed E-state index contributed by atoms with van der Waals surface area (Å²) < 4.78 is 25.9. The molecule has 1 rings (SSSR count). The van der Waals surface area contributed by atoms with Gasteiger partial charge in [-0.1, -0.05) is 20.8 Å². The molecule has 0 radical (unpaired) electrons. The summed E-state index contributed by atoms with van der Waals surface area (Å²) in [6.45, 7) is 8.36. The molecular formula is C18H34N4O5S. The smallest absolute Gasteiger partial charge is 0.236 e. The lowest BCUT2D eigenvalue weighted by Crippen LogP contribution is -2.60. The molecule has 1 fully saturated rings. The Morgan fingerprint density at radius 2 is 1.68 bits per heavy atom. The van der Waals surface area contributed by atoms with Crippen molar-refractivity contribution in [2.24, 2.45) is 5.92 Å². The van der Waals surface area contributed by atoms with E-state index in [9.17, 15) is 22.8 Å². The molecule has 1 saturated heterocycles. The lowest BCUT2D eigenvalue weighted by atomic mass is 9.87. The van der Waals surface area contributed by atoms with Crippen molar-refractivity contribution in [2.75, 3.05) is 39.5 Å². The minimum atomic E-state index is -3.67. The van der Waals surface area contributed by atoms with Gasteiger partial charge in [0.15, 0.2) is 0 Å². The van der Waals surface area contributed by atoms with Gasteiger partial charge in [0.05, 0.1) is 6.04 Å². The van der Waals surface area contributed by atoms with Crippen LogP contribution in [0.5, 0.6) is 0 Å². The summed E-state index contributed by atoms with van der Waals surface area (Å²) in [5.74, 6) is -1.66. The molecule has 0 bridgehead atoms. The van der Waals surface area contributed by atoms with E-state index in [4.69, 9.17) is 0 Å². The number of piperidine rings is 1. The lowest BCUT2D eigenvalue weighted by Gasteiger charge is -2.43. The molecule has 1 aliphatic rings. The van der Waals surface area contributed by atoms with Gasteiger partial charge in [0.1, 0.15) is 12.2 Å². The summed E-state index contributed by atoms with van der Waals surface area (Å²) in [6, 6.07) is -0.696. The zero-order chi connectivity index (χ0) is 21.6. The van der Waals surface area contributed by atoms with E-state index in [2.05, 4.69) is 5.32 Å². The third-order valence-electron chi connectivity index (χ3n) is 5.31. The Hall–Kier alpha value is -1.68. The Balaban J connectivity index is 2.82. The zero-order valence-corrected chi connectivity index (χ0v) is 18.6. The van der Waals surface area contributed by atoms with Gasteiger partial charge in [-0.25, -0.2) is 12.7 Å². The van der Waals surface area contributed by atoms with Crippen molar-refractivity contribution in [2.45, 2.75) is 52.6 Å². The Bertz CT molecular complexity index is 675. The second-order valence-electron chi connectivity index (χ2n) is 7.49. The molecule has 3 unspecified atom stereocenters. The molecule has 1 heterocycles. The van der Waals surface area contributed by atoms with Crippen molar-refractivity contribution in [3.63, 3.8) is 0 Å². The van der Waals surface area contributed by atoms with Gasteiger partial charge in [0.2, 0.25) is 27.7 Å². The van der Waals surface area contributed by atoms with Crippen LogP contribution in [-0.2, 0) is 24.4 Å². The quantitative estimate of drug-likeness (QED) is 0.553. The van der Waals surface area contributed by atoms with Crippen molar-refractivity contribution >= 4 is 27.7 Å². The highest BCUT2D eigenvalue weighted by Gasteiger charge is 2.37. The molecule has 3 atom stereocenters. The van der Waals surface area contributed by atoms with E-state index < -0.39 is 21.7 Å². The largest absolute Gasteiger partial charge is 0.350 e. The molecule has 3 amide bonds. The number of carbonyl (C=O) groups excluding carboxylic acids is 3. The lowest BCUT2D eigenvalue weighted by molar-refractivity contribution is -0.143. The first kappa shape index (κ1) is 24.4. The highest BCUT2D eigenvalue weighted by molar-refractivity contribution is 7.89. The van der Waals surface area contributed by atoms with Gasteiger partial charge < -0.3 is 15.1 Å². The summed E-state index contributed by atoms with van der Waals surface area (Å²) in [5, 5.41) is 2.80. The first-order valence-electron chi connectivity index (χ1n) is 9.71. The highest BCUT2D eigenvalue weighted by Crippen LogP contribution is 2.24. The average molecular weight is 419 g/mol. The predicted octanol–water partition coefficient (Wildman–Crippen LogP) is -0.122. The highest BCUT2D eigenvalue weighted by atomic mass is 32.2. The summed E-state index contributed by atoms with van der Waals surface area (Å²) in [4.78, 5) is 39.7. The third kappa shape index (κ3) is 6.16. The number of likely N-dealkylation sites (tertiary alicyclic amines) is 1. The monoisotopic (exact) mass is 418 g/mol. The summed E-state index contributed by atoms with van der Waals surface area (Å²) in [5.41, 5.74) is 0. The number of rotatable bonds is 8. The maximum atomic E-state index is 12.5. The van der Waals surface area contributed by atoms with E-state index in [0.717, 1.165) is 0 Å². The first-order chi connectivity index (χ1) is 12.9. The summed E-state index contributed by atoms with van der Waals surface area (Å²) >= 11 is 0. The third-order valence-corrected chi connectivity index (χ3v) is 7.24. The molecule has 0 aliphatic carbocycles. The Morgan fingerprint density at radius 3 is 2.18 bits per heavy atom. The van der Waals surface area contributed by atoms with Crippen molar-refractivity contribution in [1.82, 2.24) is 19.4 Å². The topological polar surface area (TPSA) is 107 Å². The van der Waals surface area contributed by atoms with Crippen molar-refractivity contribution < 1.29 is 22.8 Å². The second kappa shape index (κ2) is 10.2. The Kier molecular flexibility index (Phi) is 8.87. The van der Waals surface area contributed by atoms with E-state index in [0.29, 0.717) is 26.1 Å². The number of amides is 3. The molecule has 162 valence electrons. The number of nitrogens with one attached hydrogen (secondary N) is 1. The van der Waals surface area contributed by atoms with E-state index in [-0.39, 0.29) is 36.2 Å². The molecule has 1 N–H and O–H groups in total. The minimum Gasteiger partial charge on any atom is -0.350 e. The molecule has 1 aliphatic heterocycles. The van der Waals surface area contributed by atoms with E-state index in [1.54, 1.807) is 32.8 Å². The first-order valence-corrected chi connectivity index (χ1v) is 11.3. The van der Waals surface area contributed by atoms with Crippen LogP contribution in [0.4, 0.5) is 0 Å². The normalized spacial score (nSPS) is 22.8. The number of hydrogen-bond donors (Lipinski definition) is 1. The Morgan fingerprint density at radius 1 is 1.11 bits per heavy atom. The fourth-order valence-corrected chi connectivity index (χ4v) is 4.88. The Labute approximate surface area is 168 Å². The minimum absolute atomic E-state index is 0.0868. The van der Waals surface area contributed by atoms with Crippen LogP contribution in [0.2, 0.25) is 0 Å². The molecule has 0 aromatic rings. The average Bonchev–Trinajstić information content (AvgIpc) is 2.58. The molecule has 0 spiro atoms. The molecule has 28 heavy (non-hydrogen) atoms. The summed E-state index contributed by atoms with van der Waals surface area (Å²) in [7, 11) is -0.484. The van der Waals surface area contributed by atoms with Crippen LogP contribution in [0.1, 0.15) is 40.5 Å². The van der Waals surface area contributed by atoms with Crippen LogP contribution >= 0.6 is 0 Å². The van der Waals surface area contributed by atoms with Crippen molar-refractivity contribution in [3.8, 4) is 0 Å². The fourth-order valence-electron chi connectivity index (χ4n) is 3.50. The van der Waals surface area contributed by atoms with Gasteiger partial charge in [-0.3, -0.25) is 14.4 Å². The molecule has 0 aromatic carbocycles. The van der Waals surface area contributed by atoms with Crippen LogP contribution in [0.25, 0.3) is 0 Å². The molecule has 10 heteroatoms. The zero-order valence-electron chi connectivity index (χ0n) is 17.8. The molecule has 0 saturated carbocycles. The van der Waals surface area contributed by atoms with Gasteiger partial charge in [0.25, 0.3) is 0 Å². The van der Waals surface area contributed by atoms with Crippen LogP contribution in [0.15, 0.2) is 0 Å². The van der Waals surface area contributed by atoms with E-state index >= 15 is 0 Å². The SMILES string of the molecule is CCN(CC)S(=O)(=O)CC(=O)NC1C(C)CCN(C(=O)CC(=O)N(C)C)C1C. The maximum absolute atomic E-state index is 12.5. The van der Waals surface area contributed by atoms with E-state index in [1.165, 1.54) is 9.21 Å². The number of hydrogen-bond acceptors (Lipinski definition) is 5. The van der Waals surface area contributed by atoms with Crippen molar-refractivity contribution in [3.05, 3.63) is 0 Å². The molecule has 0 aromatic heterocycles. The number of nitrogens with zero attached hydrogens (tertiary/aromatic N) is 3. The summed E-state index contributed by atoms with van der Waals surface area (Å²) in [6.07, 6.45) is 0.447. The molecular weight excluding hydrogens is 384 g/mol. The van der Waals surface area contributed by atoms with Gasteiger partial charge in [-0.15, -0.1) is 0 Å². The van der Waals surface area contributed by atoms with Crippen LogP contribution in [-0.4, -0.2) is 91.8 Å². The van der Waals surface area contributed by atoms with Gasteiger partial charge in [0, 0.05) is 39.8 Å². The predicted molar refractivity (Wildman–Crippen MR) is 107 cm³/mol. The fraction of sp³-hybridized carbons (Fsp3) is 0.833. The van der Waals surface area contributed by atoms with Crippen molar-refractivity contribution in [1.29, 1.82) is 0 Å².